The number of aryl methyl sites for hydroxylation is 2. The summed E-state index contributed by atoms with van der Waals surface area (Å²) in [5, 5.41) is 15.0. The molecule has 2 aromatic heterocycles. The number of aliphatic hydroxyl groups is 1. The third-order valence-corrected chi connectivity index (χ3v) is 6.58. The van der Waals surface area contributed by atoms with E-state index in [1.165, 1.54) is 0 Å². The number of aliphatic hydroxyl groups excluding tert-OH is 1. The molecule has 1 aliphatic rings. The quantitative estimate of drug-likeness (QED) is 0.391. The number of Topliss-reactive ketones (excluding diaryl/α,β-unsaturated/α-hetero) is 1. The molecule has 0 saturated heterocycles. The van der Waals surface area contributed by atoms with Crippen molar-refractivity contribution in [3.8, 4) is 11.3 Å². The zero-order valence-corrected chi connectivity index (χ0v) is 19.2. The molecular formula is C26H28ClN3O2. The highest BCUT2D eigenvalue weighted by Gasteiger charge is 2.22. The Morgan fingerprint density at radius 2 is 2.03 bits per heavy atom. The van der Waals surface area contributed by atoms with E-state index in [1.54, 1.807) is 4.68 Å². The average molecular weight is 450 g/mol. The largest absolute Gasteiger partial charge is 0.393 e. The lowest BCUT2D eigenvalue weighted by Gasteiger charge is -2.10. The Morgan fingerprint density at radius 1 is 1.25 bits per heavy atom. The Balaban J connectivity index is 1.47. The van der Waals surface area contributed by atoms with Crippen LogP contribution in [0.1, 0.15) is 53.0 Å². The van der Waals surface area contributed by atoms with Crippen molar-refractivity contribution in [2.45, 2.75) is 45.1 Å². The highest BCUT2D eigenvalue weighted by Crippen LogP contribution is 2.27. The molecule has 0 radical (unpaired) electrons. The van der Waals surface area contributed by atoms with E-state index in [9.17, 15) is 9.90 Å². The molecule has 32 heavy (non-hydrogen) atoms. The smallest absolute Gasteiger partial charge is 0.184 e. The molecule has 1 fully saturated rings. The van der Waals surface area contributed by atoms with E-state index >= 15 is 0 Å². The second-order valence-corrected chi connectivity index (χ2v) is 8.91. The zero-order valence-electron chi connectivity index (χ0n) is 18.5. The first-order valence-corrected chi connectivity index (χ1v) is 11.4. The first kappa shape index (κ1) is 22.4. The summed E-state index contributed by atoms with van der Waals surface area (Å²) in [5.41, 5.74) is 5.08. The molecular weight excluding hydrogens is 422 g/mol. The lowest BCUT2D eigenvalue weighted by atomic mass is 10.0. The standard InChI is InChI=1S/C26H28ClN3O2/c1-17-26(27)21(15-18-9-11-19(12-10-18)22-13-14-30(2)29-22)16-23(28-17)25(32)8-4-6-20-5-3-7-24(20)31/h4,6,9-14,16,20,24,31H,3,5,7-8,15H2,1-2H3/b6-4+/t20-,24+/m1/s1. The Kier molecular flexibility index (Phi) is 6.87. The minimum absolute atomic E-state index is 0.0414. The van der Waals surface area contributed by atoms with Crippen LogP contribution in [0.5, 0.6) is 0 Å². The van der Waals surface area contributed by atoms with Gasteiger partial charge in [-0.15, -0.1) is 0 Å². The van der Waals surface area contributed by atoms with Gasteiger partial charge in [-0.25, -0.2) is 4.98 Å². The van der Waals surface area contributed by atoms with E-state index in [0.29, 0.717) is 22.8 Å². The summed E-state index contributed by atoms with van der Waals surface area (Å²) in [4.78, 5) is 17.2. The van der Waals surface area contributed by atoms with Gasteiger partial charge in [0.1, 0.15) is 5.69 Å². The van der Waals surface area contributed by atoms with Crippen LogP contribution in [-0.2, 0) is 13.5 Å². The minimum atomic E-state index is -0.284. The average Bonchev–Trinajstić information content (AvgIpc) is 3.40. The number of carbonyl (C=O) groups is 1. The fourth-order valence-electron chi connectivity index (χ4n) is 4.22. The van der Waals surface area contributed by atoms with Gasteiger partial charge < -0.3 is 5.11 Å². The maximum Gasteiger partial charge on any atom is 0.184 e. The molecule has 0 spiro atoms. The fraction of sp³-hybridized carbons (Fsp3) is 0.346. The summed E-state index contributed by atoms with van der Waals surface area (Å²) >= 11 is 6.53. The first-order chi connectivity index (χ1) is 15.4. The maximum absolute atomic E-state index is 12.7. The van der Waals surface area contributed by atoms with Crippen molar-refractivity contribution < 1.29 is 9.90 Å². The Morgan fingerprint density at radius 3 is 2.69 bits per heavy atom. The SMILES string of the molecule is Cc1nc(C(=O)C/C=C/[C@H]2CCC[C@@H]2O)cc(Cc2ccc(-c3ccn(C)n3)cc2)c1Cl. The van der Waals surface area contributed by atoms with E-state index in [2.05, 4.69) is 22.2 Å². The van der Waals surface area contributed by atoms with Gasteiger partial charge in [0.2, 0.25) is 0 Å². The van der Waals surface area contributed by atoms with E-state index in [-0.39, 0.29) is 24.2 Å². The van der Waals surface area contributed by atoms with E-state index in [1.807, 2.05) is 56.6 Å². The predicted octanol–water partition coefficient (Wildman–Crippen LogP) is 5.32. The second kappa shape index (κ2) is 9.80. The molecule has 1 aliphatic carbocycles. The molecule has 6 heteroatoms. The third-order valence-electron chi connectivity index (χ3n) is 6.06. The predicted molar refractivity (Wildman–Crippen MR) is 127 cm³/mol. The molecule has 0 amide bonds. The van der Waals surface area contributed by atoms with E-state index < -0.39 is 0 Å². The fourth-order valence-corrected chi connectivity index (χ4v) is 4.39. The molecule has 0 bridgehead atoms. The highest BCUT2D eigenvalue weighted by atomic mass is 35.5. The van der Waals surface area contributed by atoms with Gasteiger partial charge in [0.15, 0.2) is 5.78 Å². The number of allylic oxidation sites excluding steroid dienone is 1. The topological polar surface area (TPSA) is 68.0 Å². The van der Waals surface area contributed by atoms with Gasteiger partial charge in [-0.1, -0.05) is 54.4 Å². The Labute approximate surface area is 193 Å². The third kappa shape index (κ3) is 5.17. The number of benzene rings is 1. The number of rotatable bonds is 7. The van der Waals surface area contributed by atoms with Crippen LogP contribution in [0, 0.1) is 12.8 Å². The van der Waals surface area contributed by atoms with Crippen LogP contribution in [0.3, 0.4) is 0 Å². The highest BCUT2D eigenvalue weighted by molar-refractivity contribution is 6.32. The molecule has 5 nitrogen and oxygen atoms in total. The van der Waals surface area contributed by atoms with Gasteiger partial charge in [-0.05, 0) is 49.4 Å². The van der Waals surface area contributed by atoms with Gasteiger partial charge in [0.25, 0.3) is 0 Å². The van der Waals surface area contributed by atoms with Crippen molar-refractivity contribution in [1.29, 1.82) is 0 Å². The zero-order chi connectivity index (χ0) is 22.7. The van der Waals surface area contributed by atoms with Crippen LogP contribution in [-0.4, -0.2) is 31.8 Å². The lowest BCUT2D eigenvalue weighted by Crippen LogP contribution is -2.10. The molecule has 1 aromatic carbocycles. The molecule has 166 valence electrons. The van der Waals surface area contributed by atoms with Crippen LogP contribution in [0.25, 0.3) is 11.3 Å². The summed E-state index contributed by atoms with van der Waals surface area (Å²) in [7, 11) is 1.90. The number of carbonyl (C=O) groups excluding carboxylic acids is 1. The number of hydrogen-bond donors (Lipinski definition) is 1. The lowest BCUT2D eigenvalue weighted by molar-refractivity contribution is 0.0990. The normalized spacial score (nSPS) is 18.5. The molecule has 4 rings (SSSR count). The summed E-state index contributed by atoms with van der Waals surface area (Å²) in [6, 6.07) is 12.0. The summed E-state index contributed by atoms with van der Waals surface area (Å²) in [6.07, 6.45) is 9.23. The van der Waals surface area contributed by atoms with Crippen molar-refractivity contribution in [3.05, 3.63) is 82.3 Å². The molecule has 0 aliphatic heterocycles. The monoisotopic (exact) mass is 449 g/mol. The number of pyridine rings is 1. The van der Waals surface area contributed by atoms with Gasteiger partial charge in [-0.3, -0.25) is 9.48 Å². The number of hydrogen-bond acceptors (Lipinski definition) is 4. The minimum Gasteiger partial charge on any atom is -0.393 e. The van der Waals surface area contributed by atoms with Crippen LogP contribution in [0.15, 0.2) is 54.7 Å². The van der Waals surface area contributed by atoms with E-state index in [0.717, 1.165) is 41.6 Å². The van der Waals surface area contributed by atoms with Gasteiger partial charge in [0.05, 0.1) is 22.5 Å². The number of ketones is 1. The molecule has 0 unspecified atom stereocenters. The maximum atomic E-state index is 12.7. The summed E-state index contributed by atoms with van der Waals surface area (Å²) in [5.74, 6) is 0.118. The number of halogens is 1. The second-order valence-electron chi connectivity index (χ2n) is 8.53. The van der Waals surface area contributed by atoms with Crippen LogP contribution >= 0.6 is 11.6 Å². The molecule has 2 heterocycles. The van der Waals surface area contributed by atoms with Gasteiger partial charge >= 0.3 is 0 Å². The summed E-state index contributed by atoms with van der Waals surface area (Å²) < 4.78 is 1.78. The molecule has 1 N–H and O–H groups in total. The van der Waals surface area contributed by atoms with Crippen LogP contribution in [0.2, 0.25) is 5.02 Å². The van der Waals surface area contributed by atoms with E-state index in [4.69, 9.17) is 11.6 Å². The van der Waals surface area contributed by atoms with Crippen LogP contribution < -0.4 is 0 Å². The molecule has 2 atom stereocenters. The van der Waals surface area contributed by atoms with Crippen molar-refractivity contribution in [1.82, 2.24) is 14.8 Å². The number of aromatic nitrogens is 3. The Bertz CT molecular complexity index is 1130. The van der Waals surface area contributed by atoms with Crippen molar-refractivity contribution in [2.75, 3.05) is 0 Å². The molecule has 3 aromatic rings. The Hall–Kier alpha value is -2.76. The van der Waals surface area contributed by atoms with Gasteiger partial charge in [-0.2, -0.15) is 5.10 Å². The number of nitrogens with zero attached hydrogens (tertiary/aromatic N) is 3. The summed E-state index contributed by atoms with van der Waals surface area (Å²) in [6.45, 7) is 1.83. The van der Waals surface area contributed by atoms with Crippen molar-refractivity contribution >= 4 is 17.4 Å². The van der Waals surface area contributed by atoms with Gasteiger partial charge in [0, 0.05) is 31.1 Å². The van der Waals surface area contributed by atoms with Crippen LogP contribution in [0.4, 0.5) is 0 Å². The van der Waals surface area contributed by atoms with Crippen molar-refractivity contribution in [3.63, 3.8) is 0 Å². The molecule has 1 saturated carbocycles. The van der Waals surface area contributed by atoms with Crippen molar-refractivity contribution in [2.24, 2.45) is 13.0 Å². The first-order valence-electron chi connectivity index (χ1n) is 11.0.